The number of hydrogen-bond acceptors (Lipinski definition) is 2. The van der Waals surface area contributed by atoms with E-state index >= 15 is 0 Å². The van der Waals surface area contributed by atoms with Gasteiger partial charge in [-0.25, -0.2) is 4.39 Å². The molecule has 0 aromatic heterocycles. The number of hydrogen-bond donors (Lipinski definition) is 1. The second-order valence-electron chi connectivity index (χ2n) is 4.95. The molecule has 1 saturated carbocycles. The van der Waals surface area contributed by atoms with Gasteiger partial charge in [0, 0.05) is 16.7 Å². The zero-order valence-corrected chi connectivity index (χ0v) is 11.9. The Morgan fingerprint density at radius 1 is 1.33 bits per heavy atom. The Balaban J connectivity index is 2.02. The maximum Gasteiger partial charge on any atom is 0.123 e. The summed E-state index contributed by atoms with van der Waals surface area (Å²) in [4.78, 5) is 1.26. The lowest BCUT2D eigenvalue weighted by molar-refractivity contribution is 0.615. The van der Waals surface area contributed by atoms with Crippen LogP contribution in [0.15, 0.2) is 23.1 Å². The zero-order valence-electron chi connectivity index (χ0n) is 11.0. The third kappa shape index (κ3) is 3.99. The van der Waals surface area contributed by atoms with Gasteiger partial charge in [0.2, 0.25) is 0 Å². The molecule has 100 valence electrons. The van der Waals surface area contributed by atoms with Crippen LogP contribution in [0.4, 0.5) is 4.39 Å². The van der Waals surface area contributed by atoms with Crippen LogP contribution in [0.25, 0.3) is 0 Å². The molecule has 1 aromatic rings. The molecule has 1 N–H and O–H groups in total. The zero-order chi connectivity index (χ0) is 12.8. The standard InChI is InChI=1S/C15H22FNS/c1-2-9-17-11-12-10-13(16)7-8-15(12)18-14-5-3-4-6-14/h7-8,10,14,17H,2-6,9,11H2,1H3. The van der Waals surface area contributed by atoms with E-state index in [-0.39, 0.29) is 5.82 Å². The first-order valence-electron chi connectivity index (χ1n) is 6.95. The molecule has 1 aliphatic rings. The molecule has 0 bridgehead atoms. The summed E-state index contributed by atoms with van der Waals surface area (Å²) in [5, 5.41) is 4.10. The van der Waals surface area contributed by atoms with Crippen LogP contribution >= 0.6 is 11.8 Å². The van der Waals surface area contributed by atoms with Crippen molar-refractivity contribution < 1.29 is 4.39 Å². The summed E-state index contributed by atoms with van der Waals surface area (Å²) in [6, 6.07) is 5.21. The summed E-state index contributed by atoms with van der Waals surface area (Å²) < 4.78 is 13.3. The highest BCUT2D eigenvalue weighted by Gasteiger charge is 2.17. The van der Waals surface area contributed by atoms with Crippen LogP contribution in [0.2, 0.25) is 0 Å². The van der Waals surface area contributed by atoms with Crippen molar-refractivity contribution in [3.05, 3.63) is 29.6 Å². The lowest BCUT2D eigenvalue weighted by Crippen LogP contribution is -2.14. The van der Waals surface area contributed by atoms with E-state index < -0.39 is 0 Å². The molecule has 1 aliphatic carbocycles. The van der Waals surface area contributed by atoms with Crippen LogP contribution < -0.4 is 5.32 Å². The molecule has 0 aliphatic heterocycles. The summed E-state index contributed by atoms with van der Waals surface area (Å²) in [6.45, 7) is 3.91. The number of nitrogens with one attached hydrogen (secondary N) is 1. The van der Waals surface area contributed by atoms with Crippen molar-refractivity contribution in [1.82, 2.24) is 5.32 Å². The van der Waals surface area contributed by atoms with Gasteiger partial charge in [0.15, 0.2) is 0 Å². The van der Waals surface area contributed by atoms with Gasteiger partial charge in [-0.05, 0) is 49.6 Å². The lowest BCUT2D eigenvalue weighted by Gasteiger charge is -2.14. The Hall–Kier alpha value is -0.540. The van der Waals surface area contributed by atoms with Crippen LogP contribution in [0.3, 0.4) is 0 Å². The minimum absolute atomic E-state index is 0.126. The first-order chi connectivity index (χ1) is 8.79. The molecule has 0 heterocycles. The van der Waals surface area contributed by atoms with Gasteiger partial charge < -0.3 is 5.32 Å². The van der Waals surface area contributed by atoms with Crippen molar-refractivity contribution in [3.63, 3.8) is 0 Å². The molecule has 18 heavy (non-hydrogen) atoms. The van der Waals surface area contributed by atoms with Gasteiger partial charge in [-0.2, -0.15) is 0 Å². The monoisotopic (exact) mass is 267 g/mol. The van der Waals surface area contributed by atoms with Gasteiger partial charge in [-0.1, -0.05) is 19.8 Å². The third-order valence-electron chi connectivity index (χ3n) is 3.36. The van der Waals surface area contributed by atoms with Crippen LogP contribution in [-0.4, -0.2) is 11.8 Å². The quantitative estimate of drug-likeness (QED) is 0.769. The predicted octanol–water partition coefficient (Wildman–Crippen LogP) is 4.36. The van der Waals surface area contributed by atoms with E-state index in [1.54, 1.807) is 12.1 Å². The Bertz CT molecular complexity index is 375. The maximum atomic E-state index is 13.3. The van der Waals surface area contributed by atoms with Gasteiger partial charge in [0.1, 0.15) is 5.82 Å². The second-order valence-corrected chi connectivity index (χ2v) is 6.30. The summed E-state index contributed by atoms with van der Waals surface area (Å²) in [6.07, 6.45) is 6.43. The smallest absolute Gasteiger partial charge is 0.123 e. The molecule has 1 fully saturated rings. The Morgan fingerprint density at radius 2 is 2.11 bits per heavy atom. The second kappa shape index (κ2) is 7.15. The normalized spacial score (nSPS) is 16.3. The molecule has 0 unspecified atom stereocenters. The van der Waals surface area contributed by atoms with E-state index in [0.717, 1.165) is 30.3 Å². The molecule has 0 atom stereocenters. The fourth-order valence-corrected chi connectivity index (χ4v) is 3.74. The Labute approximate surface area is 114 Å². The molecule has 3 heteroatoms. The van der Waals surface area contributed by atoms with Crippen LogP contribution in [0.1, 0.15) is 44.6 Å². The minimum atomic E-state index is -0.126. The van der Waals surface area contributed by atoms with Crippen LogP contribution in [-0.2, 0) is 6.54 Å². The van der Waals surface area contributed by atoms with Crippen molar-refractivity contribution in [2.45, 2.75) is 55.7 Å². The molecule has 1 nitrogen and oxygen atoms in total. The number of benzene rings is 1. The summed E-state index contributed by atoms with van der Waals surface area (Å²) in [5.41, 5.74) is 1.11. The van der Waals surface area contributed by atoms with Crippen molar-refractivity contribution in [2.75, 3.05) is 6.54 Å². The largest absolute Gasteiger partial charge is 0.313 e. The van der Waals surface area contributed by atoms with Gasteiger partial charge in [0.25, 0.3) is 0 Å². The number of rotatable bonds is 6. The molecular weight excluding hydrogens is 245 g/mol. The van der Waals surface area contributed by atoms with Gasteiger partial charge in [-0.15, -0.1) is 11.8 Å². The predicted molar refractivity (Wildman–Crippen MR) is 76.5 cm³/mol. The van der Waals surface area contributed by atoms with E-state index in [9.17, 15) is 4.39 Å². The highest BCUT2D eigenvalue weighted by Crippen LogP contribution is 2.36. The van der Waals surface area contributed by atoms with E-state index in [4.69, 9.17) is 0 Å². The van der Waals surface area contributed by atoms with Crippen molar-refractivity contribution in [1.29, 1.82) is 0 Å². The summed E-state index contributed by atoms with van der Waals surface area (Å²) in [5.74, 6) is -0.126. The van der Waals surface area contributed by atoms with Gasteiger partial charge in [-0.3, -0.25) is 0 Å². The fourth-order valence-electron chi connectivity index (χ4n) is 2.39. The lowest BCUT2D eigenvalue weighted by atomic mass is 10.2. The Kier molecular flexibility index (Phi) is 5.51. The first kappa shape index (κ1) is 13.9. The van der Waals surface area contributed by atoms with E-state index in [2.05, 4.69) is 12.2 Å². The molecule has 0 spiro atoms. The van der Waals surface area contributed by atoms with Gasteiger partial charge in [0.05, 0.1) is 0 Å². The highest BCUT2D eigenvalue weighted by molar-refractivity contribution is 8.00. The van der Waals surface area contributed by atoms with Crippen LogP contribution in [0.5, 0.6) is 0 Å². The summed E-state index contributed by atoms with van der Waals surface area (Å²) in [7, 11) is 0. The van der Waals surface area contributed by atoms with Crippen molar-refractivity contribution in [2.24, 2.45) is 0 Å². The van der Waals surface area contributed by atoms with E-state index in [0.29, 0.717) is 0 Å². The van der Waals surface area contributed by atoms with Crippen molar-refractivity contribution >= 4 is 11.8 Å². The highest BCUT2D eigenvalue weighted by atomic mass is 32.2. The topological polar surface area (TPSA) is 12.0 Å². The minimum Gasteiger partial charge on any atom is -0.313 e. The maximum absolute atomic E-state index is 13.3. The molecule has 0 saturated heterocycles. The Morgan fingerprint density at radius 3 is 2.83 bits per heavy atom. The average Bonchev–Trinajstić information content (AvgIpc) is 2.86. The molecule has 0 radical (unpaired) electrons. The molecular formula is C15H22FNS. The third-order valence-corrected chi connectivity index (χ3v) is 4.82. The molecule has 0 amide bonds. The average molecular weight is 267 g/mol. The van der Waals surface area contributed by atoms with Gasteiger partial charge >= 0.3 is 0 Å². The fraction of sp³-hybridized carbons (Fsp3) is 0.600. The van der Waals surface area contributed by atoms with E-state index in [1.807, 2.05) is 17.8 Å². The molecule has 2 rings (SSSR count). The SMILES string of the molecule is CCCNCc1cc(F)ccc1SC1CCCC1. The molecule has 1 aromatic carbocycles. The number of halogens is 1. The summed E-state index contributed by atoms with van der Waals surface area (Å²) >= 11 is 1.94. The number of thioether (sulfide) groups is 1. The van der Waals surface area contributed by atoms with Crippen LogP contribution in [0, 0.1) is 5.82 Å². The van der Waals surface area contributed by atoms with E-state index in [1.165, 1.54) is 30.6 Å². The first-order valence-corrected chi connectivity index (χ1v) is 7.83. The van der Waals surface area contributed by atoms with Crippen molar-refractivity contribution in [3.8, 4) is 0 Å².